The average Bonchev–Trinajstić information content (AvgIpc) is 2.68. The molecule has 1 aliphatic heterocycles. The van der Waals surface area contributed by atoms with Crippen molar-refractivity contribution in [3.63, 3.8) is 0 Å². The number of rotatable bonds is 0. The molecule has 3 nitrogen and oxygen atoms in total. The van der Waals surface area contributed by atoms with Crippen molar-refractivity contribution in [1.82, 2.24) is 4.57 Å². The van der Waals surface area contributed by atoms with Crippen LogP contribution in [0, 0.1) is 0 Å². The Hall–Kier alpha value is -1.77. The molecular weight excluding hydrogens is 202 g/mol. The van der Waals surface area contributed by atoms with E-state index in [1.54, 1.807) is 0 Å². The van der Waals surface area contributed by atoms with Gasteiger partial charge in [-0.3, -0.25) is 4.79 Å². The third-order valence-electron chi connectivity index (χ3n) is 3.15. The van der Waals surface area contributed by atoms with E-state index in [4.69, 9.17) is 4.74 Å². The average molecular weight is 215 g/mol. The Morgan fingerprint density at radius 3 is 2.94 bits per heavy atom. The zero-order chi connectivity index (χ0) is 11.3. The van der Waals surface area contributed by atoms with E-state index in [1.807, 2.05) is 42.8 Å². The molecule has 0 saturated heterocycles. The molecule has 2 heterocycles. The molecule has 0 saturated carbocycles. The lowest BCUT2D eigenvalue weighted by Crippen LogP contribution is -2.11. The van der Waals surface area contributed by atoms with Crippen molar-refractivity contribution < 1.29 is 4.74 Å². The molecule has 1 aliphatic rings. The number of hydrogen-bond donors (Lipinski definition) is 0. The lowest BCUT2D eigenvalue weighted by atomic mass is 10.1. The predicted octanol–water partition coefficient (Wildman–Crippen LogP) is 1.86. The van der Waals surface area contributed by atoms with Crippen LogP contribution in [0.3, 0.4) is 0 Å². The number of nitrogens with zero attached hydrogens (tertiary/aromatic N) is 1. The van der Waals surface area contributed by atoms with E-state index in [-0.39, 0.29) is 11.5 Å². The molecule has 82 valence electrons. The van der Waals surface area contributed by atoms with Crippen LogP contribution in [0.5, 0.6) is 5.88 Å². The molecule has 0 N–H and O–H groups in total. The van der Waals surface area contributed by atoms with Gasteiger partial charge in [0.25, 0.3) is 0 Å². The number of aryl methyl sites for hydroxylation is 1. The topological polar surface area (TPSA) is 31.2 Å². The van der Waals surface area contributed by atoms with Gasteiger partial charge in [0, 0.05) is 18.9 Å². The number of benzene rings is 1. The van der Waals surface area contributed by atoms with Gasteiger partial charge in [-0.25, -0.2) is 0 Å². The lowest BCUT2D eigenvalue weighted by Gasteiger charge is -2.11. The fraction of sp³-hybridized carbons (Fsp3) is 0.308. The smallest absolute Gasteiger partial charge is 0.201 e. The summed E-state index contributed by atoms with van der Waals surface area (Å²) in [5.74, 6) is 0.733. The zero-order valence-corrected chi connectivity index (χ0v) is 9.36. The molecular formula is C13H13NO2. The van der Waals surface area contributed by atoms with E-state index in [0.717, 1.165) is 22.3 Å². The fourth-order valence-corrected chi connectivity index (χ4v) is 2.38. The normalized spacial score (nSPS) is 18.5. The van der Waals surface area contributed by atoms with Gasteiger partial charge in [0.15, 0.2) is 5.43 Å². The van der Waals surface area contributed by atoms with E-state index in [1.165, 1.54) is 0 Å². The molecule has 3 rings (SSSR count). The van der Waals surface area contributed by atoms with Crippen molar-refractivity contribution in [2.45, 2.75) is 19.4 Å². The molecule has 1 unspecified atom stereocenters. The Bertz CT molecular complexity index is 628. The molecule has 0 radical (unpaired) electrons. The lowest BCUT2D eigenvalue weighted by molar-refractivity contribution is 0.239. The standard InChI is InChI=1S/C13H13NO2/c1-8-7-10-12(15)9-5-3-4-6-11(9)14(2)13(10)16-8/h3-6,8H,7H2,1-2H3. The van der Waals surface area contributed by atoms with Gasteiger partial charge in [-0.2, -0.15) is 0 Å². The molecule has 1 aromatic heterocycles. The molecule has 0 aliphatic carbocycles. The van der Waals surface area contributed by atoms with Crippen LogP contribution in [0.2, 0.25) is 0 Å². The maximum Gasteiger partial charge on any atom is 0.201 e. The largest absolute Gasteiger partial charge is 0.475 e. The Kier molecular flexibility index (Phi) is 1.84. The first-order chi connectivity index (χ1) is 7.68. The highest BCUT2D eigenvalue weighted by molar-refractivity contribution is 5.81. The molecule has 0 bridgehead atoms. The second-order valence-corrected chi connectivity index (χ2v) is 4.32. The van der Waals surface area contributed by atoms with Crippen LogP contribution in [-0.4, -0.2) is 10.7 Å². The molecule has 2 aromatic rings. The monoisotopic (exact) mass is 215 g/mol. The van der Waals surface area contributed by atoms with Crippen molar-refractivity contribution in [1.29, 1.82) is 0 Å². The second kappa shape index (κ2) is 3.11. The summed E-state index contributed by atoms with van der Waals surface area (Å²) in [6.07, 6.45) is 0.818. The summed E-state index contributed by atoms with van der Waals surface area (Å²) in [4.78, 5) is 12.2. The number of pyridine rings is 1. The van der Waals surface area contributed by atoms with Crippen LogP contribution in [0.25, 0.3) is 10.9 Å². The van der Waals surface area contributed by atoms with Crippen molar-refractivity contribution in [2.75, 3.05) is 0 Å². The Morgan fingerprint density at radius 1 is 1.38 bits per heavy atom. The SMILES string of the molecule is CC1Cc2c(n(C)c3ccccc3c2=O)O1. The Balaban J connectivity index is 2.48. The first-order valence-electron chi connectivity index (χ1n) is 5.45. The molecule has 3 heteroatoms. The van der Waals surface area contributed by atoms with Gasteiger partial charge < -0.3 is 9.30 Å². The highest BCUT2D eigenvalue weighted by Crippen LogP contribution is 2.28. The van der Waals surface area contributed by atoms with Gasteiger partial charge in [0.1, 0.15) is 6.10 Å². The number of aromatic nitrogens is 1. The third-order valence-corrected chi connectivity index (χ3v) is 3.15. The highest BCUT2D eigenvalue weighted by Gasteiger charge is 2.25. The van der Waals surface area contributed by atoms with Crippen LogP contribution < -0.4 is 10.2 Å². The summed E-state index contributed by atoms with van der Waals surface area (Å²) in [5, 5.41) is 0.779. The van der Waals surface area contributed by atoms with Crippen molar-refractivity contribution in [3.8, 4) is 5.88 Å². The van der Waals surface area contributed by atoms with Gasteiger partial charge in [-0.05, 0) is 19.1 Å². The summed E-state index contributed by atoms with van der Waals surface area (Å²) < 4.78 is 7.66. The second-order valence-electron chi connectivity index (χ2n) is 4.32. The maximum absolute atomic E-state index is 12.2. The van der Waals surface area contributed by atoms with Gasteiger partial charge in [-0.15, -0.1) is 0 Å². The van der Waals surface area contributed by atoms with E-state index in [9.17, 15) is 4.79 Å². The third kappa shape index (κ3) is 1.11. The van der Waals surface area contributed by atoms with Gasteiger partial charge in [0.05, 0.1) is 11.1 Å². The van der Waals surface area contributed by atoms with Crippen molar-refractivity contribution >= 4 is 10.9 Å². The first-order valence-corrected chi connectivity index (χ1v) is 5.45. The molecule has 0 spiro atoms. The van der Waals surface area contributed by atoms with Crippen LogP contribution >= 0.6 is 0 Å². The molecule has 1 aromatic carbocycles. The molecule has 16 heavy (non-hydrogen) atoms. The van der Waals surface area contributed by atoms with Gasteiger partial charge in [0.2, 0.25) is 5.88 Å². The first kappa shape index (κ1) is 9.46. The zero-order valence-electron chi connectivity index (χ0n) is 9.36. The minimum atomic E-state index is 0.103. The quantitative estimate of drug-likeness (QED) is 0.671. The Morgan fingerprint density at radius 2 is 2.12 bits per heavy atom. The fourth-order valence-electron chi connectivity index (χ4n) is 2.38. The van der Waals surface area contributed by atoms with Crippen LogP contribution in [-0.2, 0) is 13.5 Å². The minimum absolute atomic E-state index is 0.103. The van der Waals surface area contributed by atoms with Crippen LogP contribution in [0.4, 0.5) is 0 Å². The summed E-state index contributed by atoms with van der Waals surface area (Å²) in [7, 11) is 1.94. The highest BCUT2D eigenvalue weighted by atomic mass is 16.5. The number of ether oxygens (including phenoxy) is 1. The van der Waals surface area contributed by atoms with Crippen LogP contribution in [0.15, 0.2) is 29.1 Å². The molecule has 0 amide bonds. The summed E-state index contributed by atoms with van der Waals surface area (Å²) in [6, 6.07) is 7.66. The van der Waals surface area contributed by atoms with E-state index >= 15 is 0 Å². The number of fused-ring (bicyclic) bond motifs is 2. The minimum Gasteiger partial charge on any atom is -0.475 e. The number of para-hydroxylation sites is 1. The summed E-state index contributed by atoms with van der Waals surface area (Å²) in [6.45, 7) is 1.99. The maximum atomic E-state index is 12.2. The predicted molar refractivity (Wildman–Crippen MR) is 63.0 cm³/mol. The van der Waals surface area contributed by atoms with Crippen molar-refractivity contribution in [2.24, 2.45) is 7.05 Å². The van der Waals surface area contributed by atoms with Crippen molar-refractivity contribution in [3.05, 3.63) is 40.1 Å². The molecule has 1 atom stereocenters. The summed E-state index contributed by atoms with van der Waals surface area (Å²) >= 11 is 0. The number of hydrogen-bond acceptors (Lipinski definition) is 2. The van der Waals surface area contributed by atoms with E-state index in [2.05, 4.69) is 0 Å². The Labute approximate surface area is 93.3 Å². The van der Waals surface area contributed by atoms with Gasteiger partial charge in [-0.1, -0.05) is 12.1 Å². The van der Waals surface area contributed by atoms with E-state index in [0.29, 0.717) is 6.42 Å². The van der Waals surface area contributed by atoms with Gasteiger partial charge >= 0.3 is 0 Å². The van der Waals surface area contributed by atoms with Crippen LogP contribution in [0.1, 0.15) is 12.5 Å². The molecule has 0 fully saturated rings. The van der Waals surface area contributed by atoms with E-state index < -0.39 is 0 Å². The summed E-state index contributed by atoms with van der Waals surface area (Å²) in [5.41, 5.74) is 1.86.